The molecule has 22 heavy (non-hydrogen) atoms. The van der Waals surface area contributed by atoms with Crippen LogP contribution in [0.1, 0.15) is 42.5 Å². The minimum atomic E-state index is -0.0890. The fourth-order valence-electron chi connectivity index (χ4n) is 3.45. The number of hydrogen-bond donors (Lipinski definition) is 1. The third-order valence-electron chi connectivity index (χ3n) is 4.70. The summed E-state index contributed by atoms with van der Waals surface area (Å²) < 4.78 is 0. The van der Waals surface area contributed by atoms with Crippen LogP contribution in [0, 0.1) is 5.92 Å². The minimum Gasteiger partial charge on any atom is -0.507 e. The van der Waals surface area contributed by atoms with E-state index in [1.165, 1.54) is 32.1 Å². The molecule has 3 heteroatoms. The van der Waals surface area contributed by atoms with Crippen LogP contribution in [-0.4, -0.2) is 29.5 Å². The van der Waals surface area contributed by atoms with Crippen molar-refractivity contribution in [3.05, 3.63) is 42.0 Å². The molecule has 0 bridgehead atoms. The first-order valence-corrected chi connectivity index (χ1v) is 8.12. The second kappa shape index (κ2) is 6.39. The van der Waals surface area contributed by atoms with E-state index < -0.39 is 0 Å². The molecule has 1 amide bonds. The summed E-state index contributed by atoms with van der Waals surface area (Å²) in [6.45, 7) is 0.783. The Bertz CT molecular complexity index is 674. The summed E-state index contributed by atoms with van der Waals surface area (Å²) in [6, 6.07) is 11.3. The molecule has 0 aliphatic heterocycles. The van der Waals surface area contributed by atoms with Crippen molar-refractivity contribution in [2.24, 2.45) is 5.92 Å². The van der Waals surface area contributed by atoms with Crippen molar-refractivity contribution in [3.8, 4) is 5.75 Å². The fraction of sp³-hybridized carbons (Fsp3) is 0.421. The molecule has 1 aliphatic rings. The van der Waals surface area contributed by atoms with Gasteiger partial charge < -0.3 is 10.0 Å². The Hall–Kier alpha value is -2.03. The van der Waals surface area contributed by atoms with Gasteiger partial charge in [-0.15, -0.1) is 0 Å². The van der Waals surface area contributed by atoms with Crippen LogP contribution in [-0.2, 0) is 0 Å². The average molecular weight is 297 g/mol. The molecule has 0 radical (unpaired) electrons. The van der Waals surface area contributed by atoms with Crippen molar-refractivity contribution < 1.29 is 9.90 Å². The predicted octanol–water partition coefficient (Wildman–Crippen LogP) is 4.20. The topological polar surface area (TPSA) is 40.5 Å². The van der Waals surface area contributed by atoms with Crippen molar-refractivity contribution in [3.63, 3.8) is 0 Å². The molecular formula is C19H23NO2. The molecule has 1 fully saturated rings. The zero-order valence-corrected chi connectivity index (χ0v) is 13.1. The van der Waals surface area contributed by atoms with Gasteiger partial charge in [-0.05, 0) is 41.7 Å². The van der Waals surface area contributed by atoms with E-state index in [4.69, 9.17) is 0 Å². The Labute approximate surface area is 131 Å². The highest BCUT2D eigenvalue weighted by atomic mass is 16.3. The average Bonchev–Trinajstić information content (AvgIpc) is 2.54. The first-order valence-electron chi connectivity index (χ1n) is 8.12. The third-order valence-corrected chi connectivity index (χ3v) is 4.70. The van der Waals surface area contributed by atoms with Crippen molar-refractivity contribution in [1.29, 1.82) is 0 Å². The Balaban J connectivity index is 1.79. The van der Waals surface area contributed by atoms with E-state index in [1.54, 1.807) is 17.0 Å². The van der Waals surface area contributed by atoms with E-state index in [1.807, 2.05) is 31.3 Å². The van der Waals surface area contributed by atoms with Gasteiger partial charge in [0, 0.05) is 13.6 Å². The summed E-state index contributed by atoms with van der Waals surface area (Å²) in [5.41, 5.74) is 0.400. The van der Waals surface area contributed by atoms with E-state index in [0.29, 0.717) is 11.5 Å². The largest absolute Gasteiger partial charge is 0.507 e. The number of benzene rings is 2. The number of phenolic OH excluding ortho intramolecular Hbond substituents is 1. The number of phenols is 1. The number of rotatable bonds is 3. The van der Waals surface area contributed by atoms with Gasteiger partial charge in [0.05, 0.1) is 5.56 Å². The van der Waals surface area contributed by atoms with Crippen LogP contribution in [0.3, 0.4) is 0 Å². The van der Waals surface area contributed by atoms with Gasteiger partial charge in [0.25, 0.3) is 5.91 Å². The zero-order chi connectivity index (χ0) is 15.5. The van der Waals surface area contributed by atoms with Crippen LogP contribution in [0.15, 0.2) is 36.4 Å². The smallest absolute Gasteiger partial charge is 0.257 e. The Morgan fingerprint density at radius 2 is 1.77 bits per heavy atom. The van der Waals surface area contributed by atoms with Gasteiger partial charge in [-0.3, -0.25) is 4.79 Å². The number of carbonyl (C=O) groups is 1. The quantitative estimate of drug-likeness (QED) is 0.922. The van der Waals surface area contributed by atoms with E-state index in [-0.39, 0.29) is 11.7 Å². The number of aromatic hydroxyl groups is 1. The summed E-state index contributed by atoms with van der Waals surface area (Å²) in [5.74, 6) is 0.582. The Morgan fingerprint density at radius 1 is 1.14 bits per heavy atom. The molecule has 0 spiro atoms. The summed E-state index contributed by atoms with van der Waals surface area (Å²) in [4.78, 5) is 14.4. The SMILES string of the molecule is CN(CC1CCCCC1)C(=O)c1cc2ccccc2cc1O. The van der Waals surface area contributed by atoms with Gasteiger partial charge >= 0.3 is 0 Å². The van der Waals surface area contributed by atoms with Gasteiger partial charge in [0.1, 0.15) is 5.75 Å². The molecule has 0 saturated heterocycles. The lowest BCUT2D eigenvalue weighted by Gasteiger charge is -2.27. The normalized spacial score (nSPS) is 15.9. The lowest BCUT2D eigenvalue weighted by atomic mass is 9.89. The molecule has 2 aromatic carbocycles. The molecule has 0 atom stereocenters. The molecular weight excluding hydrogens is 274 g/mol. The monoisotopic (exact) mass is 297 g/mol. The lowest BCUT2D eigenvalue weighted by Crippen LogP contribution is -2.32. The Morgan fingerprint density at radius 3 is 2.45 bits per heavy atom. The summed E-state index contributed by atoms with van der Waals surface area (Å²) in [5, 5.41) is 12.1. The van der Waals surface area contributed by atoms with Crippen molar-refractivity contribution in [1.82, 2.24) is 4.90 Å². The standard InChI is InChI=1S/C19H23NO2/c1-20(13-14-7-3-2-4-8-14)19(22)17-11-15-9-5-6-10-16(15)12-18(17)21/h5-6,9-12,14,21H,2-4,7-8,13H2,1H3. The first-order chi connectivity index (χ1) is 10.6. The molecule has 1 aliphatic carbocycles. The molecule has 116 valence electrons. The number of carbonyl (C=O) groups excluding carboxylic acids is 1. The van der Waals surface area contributed by atoms with Gasteiger partial charge in [0.15, 0.2) is 0 Å². The molecule has 3 nitrogen and oxygen atoms in total. The second-order valence-electron chi connectivity index (χ2n) is 6.41. The van der Waals surface area contributed by atoms with Gasteiger partial charge in [0.2, 0.25) is 0 Å². The maximum atomic E-state index is 12.6. The number of fused-ring (bicyclic) bond motifs is 1. The lowest BCUT2D eigenvalue weighted by molar-refractivity contribution is 0.0758. The number of hydrogen-bond acceptors (Lipinski definition) is 2. The van der Waals surface area contributed by atoms with E-state index in [0.717, 1.165) is 17.3 Å². The molecule has 0 aromatic heterocycles. The van der Waals surface area contributed by atoms with Crippen LogP contribution in [0.25, 0.3) is 10.8 Å². The van der Waals surface area contributed by atoms with Crippen molar-refractivity contribution >= 4 is 16.7 Å². The fourth-order valence-corrected chi connectivity index (χ4v) is 3.45. The van der Waals surface area contributed by atoms with E-state index in [9.17, 15) is 9.90 Å². The molecule has 0 unspecified atom stereocenters. The number of nitrogens with zero attached hydrogens (tertiary/aromatic N) is 1. The molecule has 0 heterocycles. The van der Waals surface area contributed by atoms with Gasteiger partial charge in [-0.1, -0.05) is 43.5 Å². The molecule has 1 N–H and O–H groups in total. The second-order valence-corrected chi connectivity index (χ2v) is 6.41. The van der Waals surface area contributed by atoms with Crippen molar-refractivity contribution in [2.45, 2.75) is 32.1 Å². The highest BCUT2D eigenvalue weighted by molar-refractivity contribution is 6.01. The van der Waals surface area contributed by atoms with Crippen molar-refractivity contribution in [2.75, 3.05) is 13.6 Å². The minimum absolute atomic E-state index is 0.0687. The maximum Gasteiger partial charge on any atom is 0.257 e. The van der Waals surface area contributed by atoms with Gasteiger partial charge in [-0.2, -0.15) is 0 Å². The summed E-state index contributed by atoms with van der Waals surface area (Å²) in [6.07, 6.45) is 6.28. The molecule has 1 saturated carbocycles. The highest BCUT2D eigenvalue weighted by Gasteiger charge is 2.21. The first kappa shape index (κ1) is 14.9. The van der Waals surface area contributed by atoms with Crippen LogP contribution in [0.5, 0.6) is 5.75 Å². The van der Waals surface area contributed by atoms with Crippen LogP contribution >= 0.6 is 0 Å². The maximum absolute atomic E-state index is 12.6. The summed E-state index contributed by atoms with van der Waals surface area (Å²) in [7, 11) is 1.84. The number of amides is 1. The summed E-state index contributed by atoms with van der Waals surface area (Å²) >= 11 is 0. The third kappa shape index (κ3) is 3.08. The zero-order valence-electron chi connectivity index (χ0n) is 13.1. The van der Waals surface area contributed by atoms with Crippen LogP contribution in [0.4, 0.5) is 0 Å². The molecule has 3 rings (SSSR count). The van der Waals surface area contributed by atoms with Gasteiger partial charge in [-0.25, -0.2) is 0 Å². The Kier molecular flexibility index (Phi) is 4.32. The van der Waals surface area contributed by atoms with E-state index in [2.05, 4.69) is 0 Å². The highest BCUT2D eigenvalue weighted by Crippen LogP contribution is 2.28. The van der Waals surface area contributed by atoms with Crippen LogP contribution < -0.4 is 0 Å². The van der Waals surface area contributed by atoms with E-state index >= 15 is 0 Å². The molecule has 2 aromatic rings. The van der Waals surface area contributed by atoms with Crippen LogP contribution in [0.2, 0.25) is 0 Å². The predicted molar refractivity (Wildman–Crippen MR) is 89.1 cm³/mol.